The first-order chi connectivity index (χ1) is 13.0. The van der Waals surface area contributed by atoms with Crippen molar-refractivity contribution in [2.75, 3.05) is 19.6 Å². The largest absolute Gasteiger partial charge is 0.303 e. The van der Waals surface area contributed by atoms with Gasteiger partial charge in [-0.1, -0.05) is 48.5 Å². The van der Waals surface area contributed by atoms with Crippen LogP contribution >= 0.6 is 0 Å². The third-order valence-corrected chi connectivity index (χ3v) is 7.75. The molecule has 144 valence electrons. The van der Waals surface area contributed by atoms with Gasteiger partial charge in [0.05, 0.1) is 4.90 Å². The van der Waals surface area contributed by atoms with Crippen molar-refractivity contribution in [1.82, 2.24) is 9.62 Å². The molecule has 5 heteroatoms. The van der Waals surface area contributed by atoms with Crippen LogP contribution in [0.15, 0.2) is 65.6 Å². The van der Waals surface area contributed by atoms with Crippen molar-refractivity contribution >= 4 is 10.0 Å². The third kappa shape index (κ3) is 4.42. The molecule has 2 aromatic carbocycles. The van der Waals surface area contributed by atoms with Crippen LogP contribution in [0.4, 0.5) is 0 Å². The van der Waals surface area contributed by atoms with E-state index in [0.717, 1.165) is 38.9 Å². The van der Waals surface area contributed by atoms with Crippen LogP contribution in [-0.2, 0) is 16.4 Å². The van der Waals surface area contributed by atoms with Crippen molar-refractivity contribution in [2.24, 2.45) is 5.41 Å². The second-order valence-corrected chi connectivity index (χ2v) is 9.83. The van der Waals surface area contributed by atoms with E-state index in [4.69, 9.17) is 0 Å². The number of hydrogen-bond acceptors (Lipinski definition) is 3. The molecule has 4 nitrogen and oxygen atoms in total. The van der Waals surface area contributed by atoms with Crippen LogP contribution in [0.25, 0.3) is 0 Å². The Morgan fingerprint density at radius 1 is 0.926 bits per heavy atom. The Morgan fingerprint density at radius 3 is 2.15 bits per heavy atom. The topological polar surface area (TPSA) is 49.4 Å². The van der Waals surface area contributed by atoms with Crippen LogP contribution in [0.2, 0.25) is 0 Å². The Hall–Kier alpha value is -1.69. The average Bonchev–Trinajstić information content (AvgIpc) is 2.67. The molecule has 2 fully saturated rings. The van der Waals surface area contributed by atoms with Gasteiger partial charge in [0.1, 0.15) is 0 Å². The van der Waals surface area contributed by atoms with Gasteiger partial charge in [0.15, 0.2) is 0 Å². The minimum atomic E-state index is -3.39. The minimum Gasteiger partial charge on any atom is -0.303 e. The molecule has 0 atom stereocenters. The van der Waals surface area contributed by atoms with Crippen molar-refractivity contribution in [1.29, 1.82) is 0 Å². The lowest BCUT2D eigenvalue weighted by Gasteiger charge is -2.52. The van der Waals surface area contributed by atoms with E-state index >= 15 is 0 Å². The molecule has 0 amide bonds. The normalized spacial score (nSPS) is 20.4. The number of sulfonamides is 1. The second-order valence-electron chi connectivity index (χ2n) is 8.12. The van der Waals surface area contributed by atoms with Crippen LogP contribution in [0, 0.1) is 5.41 Å². The van der Waals surface area contributed by atoms with Gasteiger partial charge in [-0.25, -0.2) is 13.1 Å². The van der Waals surface area contributed by atoms with E-state index in [1.54, 1.807) is 24.3 Å². The molecule has 0 unspecified atom stereocenters. The predicted octanol–water partition coefficient (Wildman–Crippen LogP) is 3.45. The highest BCUT2D eigenvalue weighted by Crippen LogP contribution is 2.49. The van der Waals surface area contributed by atoms with Gasteiger partial charge in [-0.15, -0.1) is 0 Å². The summed E-state index contributed by atoms with van der Waals surface area (Å²) in [5.74, 6) is 0. The van der Waals surface area contributed by atoms with E-state index in [1.807, 2.05) is 6.07 Å². The SMILES string of the molecule is O=S(=O)(NC1CC2(CCN(CCc3ccccc3)CC2)C1)c1ccccc1. The highest BCUT2D eigenvalue weighted by molar-refractivity contribution is 7.89. The molecule has 2 aromatic rings. The predicted molar refractivity (Wildman–Crippen MR) is 108 cm³/mol. The van der Waals surface area contributed by atoms with Gasteiger partial charge in [-0.2, -0.15) is 0 Å². The molecule has 1 heterocycles. The third-order valence-electron chi connectivity index (χ3n) is 6.21. The van der Waals surface area contributed by atoms with Crippen molar-refractivity contribution in [3.8, 4) is 0 Å². The molecule has 0 bridgehead atoms. The quantitative estimate of drug-likeness (QED) is 0.830. The fraction of sp³-hybridized carbons (Fsp3) is 0.455. The smallest absolute Gasteiger partial charge is 0.240 e. The molecular weight excluding hydrogens is 356 g/mol. The van der Waals surface area contributed by atoms with Crippen molar-refractivity contribution < 1.29 is 8.42 Å². The van der Waals surface area contributed by atoms with Gasteiger partial charge in [0.2, 0.25) is 10.0 Å². The molecular formula is C22H28N2O2S. The Morgan fingerprint density at radius 2 is 1.52 bits per heavy atom. The lowest BCUT2D eigenvalue weighted by Crippen LogP contribution is -2.54. The Kier molecular flexibility index (Phi) is 5.35. The van der Waals surface area contributed by atoms with Gasteiger partial charge in [-0.3, -0.25) is 0 Å². The summed E-state index contributed by atoms with van der Waals surface area (Å²) >= 11 is 0. The highest BCUT2D eigenvalue weighted by Gasteiger charge is 2.46. The summed E-state index contributed by atoms with van der Waals surface area (Å²) < 4.78 is 27.8. The summed E-state index contributed by atoms with van der Waals surface area (Å²) in [5.41, 5.74) is 1.75. The van der Waals surface area contributed by atoms with Crippen LogP contribution < -0.4 is 4.72 Å². The summed E-state index contributed by atoms with van der Waals surface area (Å²) in [4.78, 5) is 2.92. The maximum absolute atomic E-state index is 12.5. The van der Waals surface area contributed by atoms with Crippen LogP contribution in [0.3, 0.4) is 0 Å². The lowest BCUT2D eigenvalue weighted by atomic mass is 9.60. The zero-order valence-electron chi connectivity index (χ0n) is 15.7. The van der Waals surface area contributed by atoms with Crippen molar-refractivity contribution in [2.45, 2.75) is 43.0 Å². The molecule has 27 heavy (non-hydrogen) atoms. The number of hydrogen-bond donors (Lipinski definition) is 1. The molecule has 0 aromatic heterocycles. The summed E-state index contributed by atoms with van der Waals surface area (Å²) in [5, 5.41) is 0. The van der Waals surface area contributed by atoms with E-state index in [0.29, 0.717) is 10.3 Å². The number of nitrogens with one attached hydrogen (secondary N) is 1. The number of piperidine rings is 1. The first-order valence-electron chi connectivity index (χ1n) is 9.88. The number of rotatable bonds is 6. The number of likely N-dealkylation sites (tertiary alicyclic amines) is 1. The van der Waals surface area contributed by atoms with E-state index in [-0.39, 0.29) is 6.04 Å². The first kappa shape index (κ1) is 18.7. The van der Waals surface area contributed by atoms with E-state index < -0.39 is 10.0 Å². The molecule has 1 aliphatic carbocycles. The van der Waals surface area contributed by atoms with Crippen LogP contribution in [0.5, 0.6) is 0 Å². The monoisotopic (exact) mass is 384 g/mol. The van der Waals surface area contributed by atoms with Crippen molar-refractivity contribution in [3.63, 3.8) is 0 Å². The molecule has 1 saturated heterocycles. The number of nitrogens with zero attached hydrogens (tertiary/aromatic N) is 1. The molecule has 2 aliphatic rings. The van der Waals surface area contributed by atoms with Crippen LogP contribution in [0.1, 0.15) is 31.2 Å². The number of benzene rings is 2. The highest BCUT2D eigenvalue weighted by atomic mass is 32.2. The first-order valence-corrected chi connectivity index (χ1v) is 11.4. The molecule has 1 N–H and O–H groups in total. The van der Waals surface area contributed by atoms with E-state index in [2.05, 4.69) is 40.0 Å². The van der Waals surface area contributed by atoms with Gasteiger partial charge in [0, 0.05) is 12.6 Å². The molecule has 1 spiro atoms. The zero-order valence-corrected chi connectivity index (χ0v) is 16.5. The summed E-state index contributed by atoms with van der Waals surface area (Å²) in [6.07, 6.45) is 5.43. The van der Waals surface area contributed by atoms with Crippen LogP contribution in [-0.4, -0.2) is 39.0 Å². The maximum Gasteiger partial charge on any atom is 0.240 e. The molecule has 0 radical (unpaired) electrons. The fourth-order valence-electron chi connectivity index (χ4n) is 4.55. The summed E-state index contributed by atoms with van der Waals surface area (Å²) in [7, 11) is -3.39. The van der Waals surface area contributed by atoms with Gasteiger partial charge >= 0.3 is 0 Å². The zero-order chi connectivity index (χ0) is 18.7. The average molecular weight is 385 g/mol. The van der Waals surface area contributed by atoms with E-state index in [9.17, 15) is 8.42 Å². The van der Waals surface area contributed by atoms with Gasteiger partial charge in [-0.05, 0) is 68.3 Å². The fourth-order valence-corrected chi connectivity index (χ4v) is 5.80. The minimum absolute atomic E-state index is 0.0890. The van der Waals surface area contributed by atoms with E-state index in [1.165, 1.54) is 18.4 Å². The summed E-state index contributed by atoms with van der Waals surface area (Å²) in [6.45, 7) is 3.38. The standard InChI is InChI=1S/C22H28N2O2S/c25-27(26,21-9-5-2-6-10-21)23-20-17-22(18-20)12-15-24(16-13-22)14-11-19-7-3-1-4-8-19/h1-10,20,23H,11-18H2. The lowest BCUT2D eigenvalue weighted by molar-refractivity contribution is 0.0135. The van der Waals surface area contributed by atoms with Gasteiger partial charge in [0.25, 0.3) is 0 Å². The Labute approximate surface area is 162 Å². The second kappa shape index (κ2) is 7.74. The maximum atomic E-state index is 12.5. The van der Waals surface area contributed by atoms with Gasteiger partial charge < -0.3 is 4.90 Å². The van der Waals surface area contributed by atoms with Crippen molar-refractivity contribution in [3.05, 3.63) is 66.2 Å². The summed E-state index contributed by atoms with van der Waals surface area (Å²) in [6, 6.07) is 19.4. The Bertz CT molecular complexity index is 836. The molecule has 1 saturated carbocycles. The molecule has 4 rings (SSSR count). The molecule has 1 aliphatic heterocycles. The Balaban J connectivity index is 1.23.